The lowest BCUT2D eigenvalue weighted by molar-refractivity contribution is -0.118. The summed E-state index contributed by atoms with van der Waals surface area (Å²) in [5.41, 5.74) is 7.39. The van der Waals surface area contributed by atoms with Crippen LogP contribution in [0.15, 0.2) is 191 Å². The Labute approximate surface area is 575 Å². The van der Waals surface area contributed by atoms with Crippen molar-refractivity contribution in [3.63, 3.8) is 0 Å². The van der Waals surface area contributed by atoms with E-state index in [-0.39, 0.29) is 46.1 Å². The number of urea groups is 2. The van der Waals surface area contributed by atoms with Crippen molar-refractivity contribution in [3.8, 4) is 5.69 Å². The van der Waals surface area contributed by atoms with E-state index >= 15 is 0 Å². The van der Waals surface area contributed by atoms with Gasteiger partial charge in [0.05, 0.1) is 48.4 Å². The molecule has 2 aliphatic heterocycles. The van der Waals surface area contributed by atoms with Gasteiger partial charge in [-0.25, -0.2) is 63.2 Å². The number of anilines is 5. The highest BCUT2D eigenvalue weighted by Crippen LogP contribution is 2.37. The Bertz CT molecular complexity index is 5320. The van der Waals surface area contributed by atoms with Gasteiger partial charge in [0.15, 0.2) is 0 Å². The van der Waals surface area contributed by atoms with Gasteiger partial charge in [0.1, 0.15) is 12.6 Å². The summed E-state index contributed by atoms with van der Waals surface area (Å²) in [4.78, 5) is 88.8. The van der Waals surface area contributed by atoms with Crippen LogP contribution in [0.2, 0.25) is 13.0 Å². The molecule has 4 aromatic heterocycles. The number of carbonyl (C=O) groups is 4. The van der Waals surface area contributed by atoms with Crippen molar-refractivity contribution in [1.29, 1.82) is 0 Å². The maximum Gasteiger partial charge on any atom is 0.333 e. The molecule has 7 N–H and O–H groups in total. The average Bonchev–Trinajstić information content (AvgIpc) is 1.31. The predicted octanol–water partition coefficient (Wildman–Crippen LogP) is 12.4. The van der Waals surface area contributed by atoms with E-state index in [0.717, 1.165) is 66.5 Å². The lowest BCUT2D eigenvalue weighted by Gasteiger charge is -2.23. The number of guanidine groups is 1. The molecule has 6 amide bonds. The van der Waals surface area contributed by atoms with Crippen molar-refractivity contribution in [2.45, 2.75) is 52.4 Å². The molecule has 6 aromatic carbocycles. The number of halogens is 3. The second-order valence-electron chi connectivity index (χ2n) is 20.8. The number of benzene rings is 6. The number of rotatable bonds is 12. The molecule has 0 atom stereocenters. The Morgan fingerprint density at radius 1 is 0.542 bits per heavy atom. The number of fused-ring (bicyclic) bond motifs is 3. The Balaban J connectivity index is 0.000000157. The van der Waals surface area contributed by atoms with Gasteiger partial charge in [0.2, 0.25) is 17.6 Å². The zero-order valence-corrected chi connectivity index (χ0v) is 57.3. The van der Waals surface area contributed by atoms with Gasteiger partial charge in [-0.3, -0.25) is 19.4 Å². The van der Waals surface area contributed by atoms with Crippen molar-refractivity contribution in [2.75, 3.05) is 32.8 Å². The second-order valence-corrected chi connectivity index (χ2v) is 31.7. The van der Waals surface area contributed by atoms with Gasteiger partial charge in [-0.05, 0) is 157 Å². The molecule has 33 heteroatoms. The smallest absolute Gasteiger partial charge is 0.327 e. The summed E-state index contributed by atoms with van der Waals surface area (Å²) in [6.45, 7) is 12.0. The summed E-state index contributed by atoms with van der Waals surface area (Å²) in [6.07, 6.45) is 1.01. The molecule has 0 saturated heterocycles. The topological polar surface area (TPSA) is 321 Å². The van der Waals surface area contributed by atoms with E-state index in [2.05, 4.69) is 35.5 Å². The monoisotopic (exact) mass is 1460 g/mol. The fraction of sp³-hybridized carbons (Fsp3) is 0.111. The summed E-state index contributed by atoms with van der Waals surface area (Å²) in [5.74, 6) is -0.152. The molecular formula is C63H51Cl3N12O12S6. The first-order valence-electron chi connectivity index (χ1n) is 28.1. The first-order chi connectivity index (χ1) is 45.7. The van der Waals surface area contributed by atoms with Crippen LogP contribution in [0.4, 0.5) is 43.7 Å². The zero-order valence-electron chi connectivity index (χ0n) is 50.1. The molecule has 6 heterocycles. The van der Waals surface area contributed by atoms with Crippen molar-refractivity contribution >= 4 is 174 Å². The lowest BCUT2D eigenvalue weighted by Crippen LogP contribution is -2.35. The van der Waals surface area contributed by atoms with E-state index in [1.54, 1.807) is 83.5 Å². The fourth-order valence-electron chi connectivity index (χ4n) is 10.0. The molecule has 0 fully saturated rings. The SMILES string of the molecule is Cc1cc(NC(=O)NS(=O)(=O)c2ccc(Cl)s2)ccc1-n1c(=O)[nH]c2ccccc2c1=O.Cc1cc(NC(=O)NS(=O)(=O)c2ccc(Cl)s2)ccc1N1Cc2ccccc2C1=O.[C-]#[N+]c1cc(NC(=NC)NS(=O)(=O)c2ccc(Cl)s2)ccc1N1Cc2ccccc2CCC1=O. The van der Waals surface area contributed by atoms with Gasteiger partial charge in [-0.1, -0.05) is 89.4 Å². The number of sulfonamides is 3. The number of thiophene rings is 3. The summed E-state index contributed by atoms with van der Waals surface area (Å²) >= 11 is 20.0. The van der Waals surface area contributed by atoms with Crippen LogP contribution in [0.25, 0.3) is 21.4 Å². The molecule has 2 aliphatic rings. The highest BCUT2D eigenvalue weighted by Gasteiger charge is 2.30. The predicted molar refractivity (Wildman–Crippen MR) is 376 cm³/mol. The van der Waals surface area contributed by atoms with E-state index in [1.165, 1.54) is 61.6 Å². The van der Waals surface area contributed by atoms with Gasteiger partial charge < -0.3 is 30.7 Å². The van der Waals surface area contributed by atoms with Gasteiger partial charge in [-0.15, -0.1) is 34.0 Å². The lowest BCUT2D eigenvalue weighted by atomic mass is 10.0. The van der Waals surface area contributed by atoms with E-state index in [1.807, 2.05) is 58.8 Å². The number of aromatic nitrogens is 2. The van der Waals surface area contributed by atoms with Gasteiger partial charge in [-0.2, -0.15) is 0 Å². The molecular weight excluding hydrogens is 1420 g/mol. The van der Waals surface area contributed by atoms with E-state index in [4.69, 9.17) is 41.4 Å². The van der Waals surface area contributed by atoms with Gasteiger partial charge in [0, 0.05) is 48.3 Å². The minimum absolute atomic E-state index is 0.0204. The summed E-state index contributed by atoms with van der Waals surface area (Å²) in [7, 11) is -10.5. The minimum atomic E-state index is -4.07. The molecule has 12 rings (SSSR count). The third kappa shape index (κ3) is 16.0. The van der Waals surface area contributed by atoms with Crippen LogP contribution in [0.5, 0.6) is 0 Å². The Morgan fingerprint density at radius 3 is 1.54 bits per heavy atom. The molecule has 24 nitrogen and oxygen atoms in total. The Morgan fingerprint density at radius 2 is 1.02 bits per heavy atom. The number of carbonyl (C=O) groups excluding carboxylic acids is 4. The quantitative estimate of drug-likeness (QED) is 0.0340. The molecule has 0 aliphatic carbocycles. The highest BCUT2D eigenvalue weighted by atomic mass is 35.5. The number of hydrogen-bond acceptors (Lipinski definition) is 16. The summed E-state index contributed by atoms with van der Waals surface area (Å²) in [6, 6.07) is 42.9. The number of amides is 6. The van der Waals surface area contributed by atoms with Crippen molar-refractivity contribution in [2.24, 2.45) is 4.99 Å². The second kappa shape index (κ2) is 29.1. The van der Waals surface area contributed by atoms with Gasteiger partial charge in [0.25, 0.3) is 41.5 Å². The largest absolute Gasteiger partial charge is 0.333 e. The number of aryl methyl sites for hydroxylation is 3. The number of aliphatic imine (C=N–C) groups is 1. The first kappa shape index (κ1) is 69.2. The molecule has 96 heavy (non-hydrogen) atoms. The minimum Gasteiger partial charge on any atom is -0.327 e. The number of H-pyrrole nitrogens is 1. The maximum absolute atomic E-state index is 12.9. The van der Waals surface area contributed by atoms with Crippen LogP contribution in [0.3, 0.4) is 0 Å². The molecule has 0 spiro atoms. The fourth-order valence-corrected chi connectivity index (χ4v) is 17.3. The zero-order chi connectivity index (χ0) is 68.8. The first-order valence-corrected chi connectivity index (χ1v) is 36.2. The van der Waals surface area contributed by atoms with E-state index in [9.17, 15) is 54.0 Å². The summed E-state index contributed by atoms with van der Waals surface area (Å²) < 4.78 is 82.2. The van der Waals surface area contributed by atoms with Crippen LogP contribution in [0.1, 0.15) is 44.6 Å². The standard InChI is InChI=1S/C23H20ClN5O3S2.C20H15ClN4O5S2.C20H16ClN3O4S2/c1-25-18-13-17(27-23(26-2)28-34(31,32)22-12-10-20(24)33-22)8-9-19(18)29-14-16-6-4-3-5-15(16)7-11-21(29)30;1-11-10-12(22-19(27)24-32(29,30)17-9-8-16(21)31-17)6-7-15(11)25-18(26)13-4-2-3-5-14(13)23-20(25)28;1-12-10-14(22-20(26)23-30(27,28)18-9-8-17(21)29-18)6-7-16(12)24-11-13-4-2-3-5-15(13)19(24)25/h3-6,8-10,12-13H,7,11,14H2,2H3,(H2,26,27,28);2-10H,1H3,(H,23,28)(H2,22,24,27);2-10H,11H2,1H3,(H2,22,23,26). The number of hydrogen-bond donors (Lipinski definition) is 7. The number of aromatic amines is 1. The molecule has 10 aromatic rings. The number of nitrogens with one attached hydrogen (secondary N) is 7. The maximum atomic E-state index is 12.9. The van der Waals surface area contributed by atoms with Gasteiger partial charge >= 0.3 is 17.8 Å². The molecule has 0 radical (unpaired) electrons. The molecule has 0 bridgehead atoms. The van der Waals surface area contributed by atoms with Crippen LogP contribution in [-0.4, -0.2) is 71.7 Å². The number of para-hydroxylation sites is 1. The van der Waals surface area contributed by atoms with Crippen LogP contribution >= 0.6 is 68.8 Å². The number of nitrogens with zero attached hydrogens (tertiary/aromatic N) is 5. The third-order valence-corrected chi connectivity index (χ3v) is 23.6. The normalized spacial score (nSPS) is 13.0. The molecule has 0 saturated carbocycles. The van der Waals surface area contributed by atoms with Crippen LogP contribution in [0, 0.1) is 20.4 Å². The Kier molecular flexibility index (Phi) is 21.0. The van der Waals surface area contributed by atoms with E-state index in [0.29, 0.717) is 79.4 Å². The Hall–Kier alpha value is -9.68. The van der Waals surface area contributed by atoms with Crippen molar-refractivity contribution in [3.05, 3.63) is 242 Å². The van der Waals surface area contributed by atoms with Crippen molar-refractivity contribution < 1.29 is 44.4 Å². The van der Waals surface area contributed by atoms with Crippen LogP contribution < -0.4 is 51.2 Å². The van der Waals surface area contributed by atoms with Crippen LogP contribution in [-0.2, 0) is 54.4 Å². The molecule has 0 unspecified atom stereocenters. The average molecular weight is 1470 g/mol. The summed E-state index contributed by atoms with van der Waals surface area (Å²) in [5, 5.41) is 8.17. The molecule has 492 valence electrons. The highest BCUT2D eigenvalue weighted by molar-refractivity contribution is 7.93. The third-order valence-electron chi connectivity index (χ3n) is 14.4. The van der Waals surface area contributed by atoms with E-state index < -0.39 is 53.4 Å². The van der Waals surface area contributed by atoms with Crippen molar-refractivity contribution in [1.82, 2.24) is 23.7 Å².